The minimum atomic E-state index is 0.299. The van der Waals surface area contributed by atoms with Gasteiger partial charge in [0, 0.05) is 43.9 Å². The Morgan fingerprint density at radius 2 is 2.24 bits per heavy atom. The van der Waals surface area contributed by atoms with Crippen LogP contribution in [0.25, 0.3) is 0 Å². The van der Waals surface area contributed by atoms with Gasteiger partial charge in [-0.1, -0.05) is 25.1 Å². The van der Waals surface area contributed by atoms with Crippen molar-refractivity contribution in [3.63, 3.8) is 0 Å². The molecule has 0 bridgehead atoms. The summed E-state index contributed by atoms with van der Waals surface area (Å²) in [7, 11) is 2.09. The second-order valence-electron chi connectivity index (χ2n) is 6.29. The van der Waals surface area contributed by atoms with Crippen LogP contribution in [0, 0.1) is 0 Å². The molecule has 2 rings (SSSR count). The normalized spacial score (nSPS) is 12.0. The number of nitrogens with one attached hydrogen (secondary N) is 1. The summed E-state index contributed by atoms with van der Waals surface area (Å²) in [5.74, 6) is 2.73. The van der Waals surface area contributed by atoms with Crippen LogP contribution in [-0.4, -0.2) is 47.7 Å². The van der Waals surface area contributed by atoms with E-state index in [1.54, 1.807) is 11.3 Å². The van der Waals surface area contributed by atoms with E-state index in [-0.39, 0.29) is 0 Å². The third-order valence-corrected chi connectivity index (χ3v) is 4.72. The molecule has 2 aromatic heterocycles. The summed E-state index contributed by atoms with van der Waals surface area (Å²) >= 11 is 1.80. The largest absolute Gasteiger partial charge is 0.357 e. The van der Waals surface area contributed by atoms with Gasteiger partial charge in [-0.05, 0) is 31.2 Å². The molecule has 1 N–H and O–H groups in total. The van der Waals surface area contributed by atoms with Crippen molar-refractivity contribution in [3.8, 4) is 0 Å². The molecule has 0 spiro atoms. The third kappa shape index (κ3) is 6.49. The van der Waals surface area contributed by atoms with Crippen molar-refractivity contribution in [3.05, 3.63) is 34.1 Å². The Bertz CT molecular complexity index is 636. The Morgan fingerprint density at radius 1 is 1.40 bits per heavy atom. The Balaban J connectivity index is 1.79. The molecular weight excluding hydrogens is 334 g/mol. The summed E-state index contributed by atoms with van der Waals surface area (Å²) in [6.45, 7) is 8.78. The van der Waals surface area contributed by atoms with Gasteiger partial charge in [-0.3, -0.25) is 4.99 Å². The SMILES string of the molecule is CCNC(=NCCCc1nc(C(C)C)no1)N(C)CCc1cccs1. The van der Waals surface area contributed by atoms with Gasteiger partial charge in [0.25, 0.3) is 0 Å². The van der Waals surface area contributed by atoms with Gasteiger partial charge in [0.2, 0.25) is 5.89 Å². The van der Waals surface area contributed by atoms with E-state index < -0.39 is 0 Å². The molecule has 0 fully saturated rings. The fraction of sp³-hybridized carbons (Fsp3) is 0.611. The van der Waals surface area contributed by atoms with Crippen LogP contribution >= 0.6 is 11.3 Å². The number of thiophene rings is 1. The number of aliphatic imine (C=N–C) groups is 1. The number of hydrogen-bond donors (Lipinski definition) is 1. The molecule has 25 heavy (non-hydrogen) atoms. The topological polar surface area (TPSA) is 66.5 Å². The highest BCUT2D eigenvalue weighted by Crippen LogP contribution is 2.11. The lowest BCUT2D eigenvalue weighted by Gasteiger charge is -2.21. The molecule has 6 nitrogen and oxygen atoms in total. The van der Waals surface area contributed by atoms with Crippen molar-refractivity contribution >= 4 is 17.3 Å². The zero-order valence-electron chi connectivity index (χ0n) is 15.7. The van der Waals surface area contributed by atoms with Gasteiger partial charge in [0.15, 0.2) is 11.8 Å². The van der Waals surface area contributed by atoms with Gasteiger partial charge < -0.3 is 14.7 Å². The van der Waals surface area contributed by atoms with E-state index in [1.807, 2.05) is 0 Å². The molecule has 0 aliphatic rings. The van der Waals surface area contributed by atoms with E-state index in [4.69, 9.17) is 9.52 Å². The summed E-state index contributed by atoms with van der Waals surface area (Å²) < 4.78 is 5.27. The number of likely N-dealkylation sites (N-methyl/N-ethyl adjacent to an activating group) is 1. The van der Waals surface area contributed by atoms with E-state index in [2.05, 4.69) is 65.7 Å². The molecule has 0 atom stereocenters. The van der Waals surface area contributed by atoms with Crippen molar-refractivity contribution in [2.24, 2.45) is 4.99 Å². The number of rotatable bonds is 9. The van der Waals surface area contributed by atoms with Gasteiger partial charge in [0.1, 0.15) is 0 Å². The monoisotopic (exact) mass is 363 g/mol. The average molecular weight is 364 g/mol. The number of hydrogen-bond acceptors (Lipinski definition) is 5. The molecule has 0 radical (unpaired) electrons. The van der Waals surface area contributed by atoms with Gasteiger partial charge in [-0.2, -0.15) is 4.98 Å². The van der Waals surface area contributed by atoms with Gasteiger partial charge in [0.05, 0.1) is 0 Å². The molecule has 7 heteroatoms. The quantitative estimate of drug-likeness (QED) is 0.420. The van der Waals surface area contributed by atoms with Crippen LogP contribution in [0.5, 0.6) is 0 Å². The van der Waals surface area contributed by atoms with Crippen molar-refractivity contribution in [1.29, 1.82) is 0 Å². The van der Waals surface area contributed by atoms with E-state index in [0.717, 1.165) is 50.7 Å². The second-order valence-corrected chi connectivity index (χ2v) is 7.32. The first kappa shape index (κ1) is 19.4. The Labute approximate surface area is 154 Å². The standard InChI is InChI=1S/C18H29N5OS/c1-5-19-18(23(4)12-10-15-8-7-13-25-15)20-11-6-9-16-21-17(14(2)3)22-24-16/h7-8,13-14H,5-6,9-12H2,1-4H3,(H,19,20). The van der Waals surface area contributed by atoms with E-state index in [0.29, 0.717) is 11.8 Å². The maximum atomic E-state index is 5.27. The Kier molecular flexibility index (Phi) is 7.91. The van der Waals surface area contributed by atoms with Crippen molar-refractivity contribution in [2.45, 2.75) is 46.0 Å². The summed E-state index contributed by atoms with van der Waals surface area (Å²) in [4.78, 5) is 12.7. The van der Waals surface area contributed by atoms with Gasteiger partial charge >= 0.3 is 0 Å². The minimum Gasteiger partial charge on any atom is -0.357 e. The fourth-order valence-corrected chi connectivity index (χ4v) is 3.03. The third-order valence-electron chi connectivity index (χ3n) is 3.78. The van der Waals surface area contributed by atoms with Crippen molar-refractivity contribution in [2.75, 3.05) is 26.7 Å². The molecule has 2 heterocycles. The van der Waals surface area contributed by atoms with Crippen LogP contribution in [0.1, 0.15) is 49.7 Å². The molecule has 0 unspecified atom stereocenters. The minimum absolute atomic E-state index is 0.299. The lowest BCUT2D eigenvalue weighted by atomic mass is 10.2. The molecule has 0 amide bonds. The first-order valence-electron chi connectivity index (χ1n) is 8.94. The van der Waals surface area contributed by atoms with Crippen LogP contribution in [0.15, 0.2) is 27.0 Å². The number of guanidine groups is 1. The van der Waals surface area contributed by atoms with Gasteiger partial charge in [-0.25, -0.2) is 0 Å². The molecule has 0 aromatic carbocycles. The molecule has 0 aliphatic heterocycles. The van der Waals surface area contributed by atoms with Gasteiger partial charge in [-0.15, -0.1) is 11.3 Å². The fourth-order valence-electron chi connectivity index (χ4n) is 2.33. The summed E-state index contributed by atoms with van der Waals surface area (Å²) in [6, 6.07) is 4.28. The summed E-state index contributed by atoms with van der Waals surface area (Å²) in [5.41, 5.74) is 0. The van der Waals surface area contributed by atoms with E-state index >= 15 is 0 Å². The second kappa shape index (κ2) is 10.2. The first-order chi connectivity index (χ1) is 12.1. The van der Waals surface area contributed by atoms with Crippen molar-refractivity contribution in [1.82, 2.24) is 20.4 Å². The zero-order valence-corrected chi connectivity index (χ0v) is 16.5. The predicted octanol–water partition coefficient (Wildman–Crippen LogP) is 3.33. The molecule has 0 aliphatic carbocycles. The molecular formula is C18H29N5OS. The highest BCUT2D eigenvalue weighted by atomic mass is 32.1. The number of aryl methyl sites for hydroxylation is 1. The van der Waals surface area contributed by atoms with E-state index in [1.165, 1.54) is 4.88 Å². The highest BCUT2D eigenvalue weighted by Gasteiger charge is 2.09. The average Bonchev–Trinajstić information content (AvgIpc) is 3.27. The lowest BCUT2D eigenvalue weighted by Crippen LogP contribution is -2.40. The molecule has 138 valence electrons. The smallest absolute Gasteiger partial charge is 0.226 e. The Morgan fingerprint density at radius 3 is 2.88 bits per heavy atom. The van der Waals surface area contributed by atoms with Crippen molar-refractivity contribution < 1.29 is 4.52 Å². The van der Waals surface area contributed by atoms with Crippen LogP contribution < -0.4 is 5.32 Å². The van der Waals surface area contributed by atoms with Crippen LogP contribution in [0.4, 0.5) is 0 Å². The Hall–Kier alpha value is -1.89. The molecule has 0 saturated heterocycles. The highest BCUT2D eigenvalue weighted by molar-refractivity contribution is 7.09. The molecule has 2 aromatic rings. The van der Waals surface area contributed by atoms with Crippen LogP contribution in [-0.2, 0) is 12.8 Å². The molecule has 0 saturated carbocycles. The zero-order chi connectivity index (χ0) is 18.1. The predicted molar refractivity (Wildman–Crippen MR) is 103 cm³/mol. The first-order valence-corrected chi connectivity index (χ1v) is 9.82. The van der Waals surface area contributed by atoms with Crippen LogP contribution in [0.2, 0.25) is 0 Å². The lowest BCUT2D eigenvalue weighted by molar-refractivity contribution is 0.369. The maximum absolute atomic E-state index is 5.27. The summed E-state index contributed by atoms with van der Waals surface area (Å²) in [6.07, 6.45) is 2.70. The summed E-state index contributed by atoms with van der Waals surface area (Å²) in [5, 5.41) is 9.47. The van der Waals surface area contributed by atoms with E-state index in [9.17, 15) is 0 Å². The van der Waals surface area contributed by atoms with Crippen LogP contribution in [0.3, 0.4) is 0 Å². The number of aromatic nitrogens is 2. The maximum Gasteiger partial charge on any atom is 0.226 e. The number of nitrogens with zero attached hydrogens (tertiary/aromatic N) is 4.